The average Bonchev–Trinajstić information content (AvgIpc) is 3.20. The van der Waals surface area contributed by atoms with Crippen molar-refractivity contribution in [2.45, 2.75) is 18.7 Å². The molecule has 3 N–H and O–H groups in total. The van der Waals surface area contributed by atoms with E-state index in [0.717, 1.165) is 0 Å². The lowest BCUT2D eigenvalue weighted by atomic mass is 10.2. The van der Waals surface area contributed by atoms with Gasteiger partial charge in [-0.2, -0.15) is 9.40 Å². The normalized spacial score (nSPS) is 11.3. The molecule has 0 atom stereocenters. The molecule has 3 aromatic rings. The molecule has 0 radical (unpaired) electrons. The van der Waals surface area contributed by atoms with E-state index in [1.165, 1.54) is 39.4 Å². The Bertz CT molecular complexity index is 1200. The molecular formula is C21H23N5O5S. The van der Waals surface area contributed by atoms with Gasteiger partial charge in [0, 0.05) is 18.7 Å². The van der Waals surface area contributed by atoms with Crippen molar-refractivity contribution in [1.82, 2.24) is 24.9 Å². The zero-order valence-electron chi connectivity index (χ0n) is 17.5. The summed E-state index contributed by atoms with van der Waals surface area (Å²) in [7, 11) is -3.64. The second-order valence-corrected chi connectivity index (χ2v) is 8.60. The number of hydrogen-bond donors (Lipinski definition) is 3. The highest BCUT2D eigenvalue weighted by molar-refractivity contribution is 7.89. The van der Waals surface area contributed by atoms with Crippen molar-refractivity contribution >= 4 is 21.8 Å². The highest BCUT2D eigenvalue weighted by atomic mass is 32.2. The maximum Gasteiger partial charge on any atom is 0.294 e. The molecule has 0 fully saturated rings. The molecule has 11 heteroatoms. The number of rotatable bonds is 7. The zero-order chi connectivity index (χ0) is 23.3. The summed E-state index contributed by atoms with van der Waals surface area (Å²) in [6, 6.07) is 14.2. The number of carbonyl (C=O) groups excluding carboxylic acids is 2. The van der Waals surface area contributed by atoms with Crippen LogP contribution in [0, 0.1) is 0 Å². The van der Waals surface area contributed by atoms with Crippen LogP contribution in [-0.4, -0.2) is 52.5 Å². The SMILES string of the molecule is CCN(CC)S(=O)(=O)c1ccc(C(=O)NNC(=O)c2nn(-c3ccccc3)cc2O)cc1. The van der Waals surface area contributed by atoms with Crippen LogP contribution in [0.3, 0.4) is 0 Å². The molecule has 0 aliphatic heterocycles. The summed E-state index contributed by atoms with van der Waals surface area (Å²) in [6.07, 6.45) is 1.28. The average molecular weight is 458 g/mol. The predicted molar refractivity (Wildman–Crippen MR) is 117 cm³/mol. The second kappa shape index (κ2) is 9.62. The van der Waals surface area contributed by atoms with E-state index in [0.29, 0.717) is 18.8 Å². The van der Waals surface area contributed by atoms with Gasteiger partial charge in [-0.1, -0.05) is 32.0 Å². The Kier molecular flexibility index (Phi) is 6.91. The molecular weight excluding hydrogens is 434 g/mol. The Morgan fingerprint density at radius 1 is 0.969 bits per heavy atom. The van der Waals surface area contributed by atoms with Crippen LogP contribution in [0.5, 0.6) is 5.75 Å². The van der Waals surface area contributed by atoms with Crippen LogP contribution in [0.1, 0.15) is 34.7 Å². The maximum absolute atomic E-state index is 12.5. The van der Waals surface area contributed by atoms with E-state index < -0.39 is 21.8 Å². The van der Waals surface area contributed by atoms with Crippen LogP contribution in [0.4, 0.5) is 0 Å². The molecule has 1 heterocycles. The number of sulfonamides is 1. The number of benzene rings is 2. The molecule has 2 aromatic carbocycles. The standard InChI is InChI=1S/C21H23N5O5S/c1-3-25(4-2)32(30,31)17-12-10-15(11-13-17)20(28)22-23-21(29)19-18(27)14-26(24-19)16-8-6-5-7-9-16/h5-14,27H,3-4H2,1-2H3,(H,22,28)(H,23,29). The van der Waals surface area contributed by atoms with Gasteiger partial charge in [-0.25, -0.2) is 13.1 Å². The Morgan fingerprint density at radius 3 is 2.16 bits per heavy atom. The van der Waals surface area contributed by atoms with Crippen molar-refractivity contribution < 1.29 is 23.1 Å². The largest absolute Gasteiger partial charge is 0.504 e. The van der Waals surface area contributed by atoms with E-state index in [1.54, 1.807) is 38.1 Å². The Morgan fingerprint density at radius 2 is 1.56 bits per heavy atom. The highest BCUT2D eigenvalue weighted by Crippen LogP contribution is 2.18. The van der Waals surface area contributed by atoms with Gasteiger partial charge < -0.3 is 5.11 Å². The maximum atomic E-state index is 12.5. The third-order valence-corrected chi connectivity index (χ3v) is 6.74. The van der Waals surface area contributed by atoms with Gasteiger partial charge in [-0.15, -0.1) is 0 Å². The van der Waals surface area contributed by atoms with E-state index in [4.69, 9.17) is 0 Å². The number of nitrogens with one attached hydrogen (secondary N) is 2. The van der Waals surface area contributed by atoms with Crippen molar-refractivity contribution in [3.05, 3.63) is 72.1 Å². The minimum Gasteiger partial charge on any atom is -0.504 e. The van der Waals surface area contributed by atoms with E-state index in [9.17, 15) is 23.1 Å². The number of amides is 2. The lowest BCUT2D eigenvalue weighted by Crippen LogP contribution is -2.41. The van der Waals surface area contributed by atoms with Crippen molar-refractivity contribution in [3.63, 3.8) is 0 Å². The van der Waals surface area contributed by atoms with Gasteiger partial charge in [-0.05, 0) is 36.4 Å². The third kappa shape index (κ3) is 4.79. The number of para-hydroxylation sites is 1. The molecule has 2 amide bonds. The van der Waals surface area contributed by atoms with Crippen LogP contribution in [-0.2, 0) is 10.0 Å². The summed E-state index contributed by atoms with van der Waals surface area (Å²) >= 11 is 0. The number of aromatic hydroxyl groups is 1. The molecule has 168 valence electrons. The van der Waals surface area contributed by atoms with Gasteiger partial charge in [0.05, 0.1) is 16.8 Å². The number of aromatic nitrogens is 2. The van der Waals surface area contributed by atoms with Gasteiger partial charge in [0.2, 0.25) is 10.0 Å². The molecule has 0 saturated heterocycles. The van der Waals surface area contributed by atoms with Crippen molar-refractivity contribution in [2.75, 3.05) is 13.1 Å². The zero-order valence-corrected chi connectivity index (χ0v) is 18.3. The molecule has 0 aliphatic rings. The molecule has 32 heavy (non-hydrogen) atoms. The van der Waals surface area contributed by atoms with E-state index in [1.807, 2.05) is 6.07 Å². The molecule has 0 saturated carbocycles. The molecule has 0 aliphatic carbocycles. The summed E-state index contributed by atoms with van der Waals surface area (Å²) in [5, 5.41) is 14.1. The smallest absolute Gasteiger partial charge is 0.294 e. The summed E-state index contributed by atoms with van der Waals surface area (Å²) in [6.45, 7) is 4.15. The topological polar surface area (TPSA) is 134 Å². The fourth-order valence-electron chi connectivity index (χ4n) is 2.98. The van der Waals surface area contributed by atoms with Gasteiger partial charge >= 0.3 is 0 Å². The molecule has 1 aromatic heterocycles. The van der Waals surface area contributed by atoms with Crippen LogP contribution < -0.4 is 10.9 Å². The van der Waals surface area contributed by atoms with Gasteiger partial charge in [0.15, 0.2) is 11.4 Å². The minimum absolute atomic E-state index is 0.0677. The lowest BCUT2D eigenvalue weighted by molar-refractivity contribution is 0.0842. The van der Waals surface area contributed by atoms with Crippen LogP contribution in [0.25, 0.3) is 5.69 Å². The highest BCUT2D eigenvalue weighted by Gasteiger charge is 2.22. The Balaban J connectivity index is 1.66. The molecule has 10 nitrogen and oxygen atoms in total. The van der Waals surface area contributed by atoms with Crippen LogP contribution in [0.15, 0.2) is 65.7 Å². The van der Waals surface area contributed by atoms with Gasteiger partial charge in [0.25, 0.3) is 11.8 Å². The fourth-order valence-corrected chi connectivity index (χ4v) is 4.43. The first-order valence-corrected chi connectivity index (χ1v) is 11.3. The quantitative estimate of drug-likeness (QED) is 0.462. The molecule has 0 spiro atoms. The predicted octanol–water partition coefficient (Wildman–Crippen LogP) is 1.68. The number of hydrogen-bond acceptors (Lipinski definition) is 6. The first-order chi connectivity index (χ1) is 15.3. The van der Waals surface area contributed by atoms with E-state index in [-0.39, 0.29) is 21.9 Å². The number of nitrogens with zero attached hydrogens (tertiary/aromatic N) is 3. The molecule has 0 unspecified atom stereocenters. The monoisotopic (exact) mass is 457 g/mol. The van der Waals surface area contributed by atoms with Gasteiger partial charge in [-0.3, -0.25) is 20.4 Å². The van der Waals surface area contributed by atoms with E-state index >= 15 is 0 Å². The molecule has 3 rings (SSSR count). The molecule has 0 bridgehead atoms. The van der Waals surface area contributed by atoms with Crippen molar-refractivity contribution in [3.8, 4) is 11.4 Å². The Labute approximate surface area is 185 Å². The minimum atomic E-state index is -3.64. The first kappa shape index (κ1) is 23.0. The lowest BCUT2D eigenvalue weighted by Gasteiger charge is -2.18. The summed E-state index contributed by atoms with van der Waals surface area (Å²) < 4.78 is 27.7. The van der Waals surface area contributed by atoms with E-state index in [2.05, 4.69) is 16.0 Å². The van der Waals surface area contributed by atoms with Gasteiger partial charge in [0.1, 0.15) is 0 Å². The summed E-state index contributed by atoms with van der Waals surface area (Å²) in [4.78, 5) is 24.7. The third-order valence-electron chi connectivity index (χ3n) is 4.68. The van der Waals surface area contributed by atoms with Crippen molar-refractivity contribution in [2.24, 2.45) is 0 Å². The second-order valence-electron chi connectivity index (χ2n) is 6.67. The van der Waals surface area contributed by atoms with Crippen LogP contribution >= 0.6 is 0 Å². The fraction of sp³-hybridized carbons (Fsp3) is 0.190. The summed E-state index contributed by atoms with van der Waals surface area (Å²) in [5.41, 5.74) is 4.92. The van der Waals surface area contributed by atoms with Crippen LogP contribution in [0.2, 0.25) is 0 Å². The first-order valence-electron chi connectivity index (χ1n) is 9.82. The van der Waals surface area contributed by atoms with Crippen molar-refractivity contribution in [1.29, 1.82) is 0 Å². The Hall–Kier alpha value is -3.70. The number of carbonyl (C=O) groups is 2. The summed E-state index contributed by atoms with van der Waals surface area (Å²) in [5.74, 6) is -1.83. The number of hydrazine groups is 1.